The summed E-state index contributed by atoms with van der Waals surface area (Å²) in [6, 6.07) is 10.3. The summed E-state index contributed by atoms with van der Waals surface area (Å²) < 4.78 is 13.6. The quantitative estimate of drug-likeness (QED) is 0.367. The average molecular weight is 498 g/mol. The third-order valence-electron chi connectivity index (χ3n) is 6.28. The molecule has 3 rings (SSSR count). The number of hydrazine groups is 1. The molecule has 0 atom stereocenters. The lowest BCUT2D eigenvalue weighted by atomic mass is 10.1. The Kier molecular flexibility index (Phi) is 9.17. The van der Waals surface area contributed by atoms with Crippen LogP contribution in [0.2, 0.25) is 0 Å². The number of hydrogen-bond acceptors (Lipinski definition) is 6. The Balaban J connectivity index is 1.74. The highest BCUT2D eigenvalue weighted by atomic mass is 19.1. The summed E-state index contributed by atoms with van der Waals surface area (Å²) in [4.78, 5) is 39.8. The summed E-state index contributed by atoms with van der Waals surface area (Å²) in [5, 5.41) is 9.51. The third kappa shape index (κ3) is 7.11. The number of anilines is 1. The smallest absolute Gasteiger partial charge is 0.256 e. The molecule has 2 N–H and O–H groups in total. The maximum absolute atomic E-state index is 13.6. The van der Waals surface area contributed by atoms with Gasteiger partial charge in [-0.15, -0.1) is 0 Å². The monoisotopic (exact) mass is 497 g/mol. The van der Waals surface area contributed by atoms with Gasteiger partial charge in [0.1, 0.15) is 5.82 Å². The Morgan fingerprint density at radius 2 is 1.75 bits per heavy atom. The molecule has 0 bridgehead atoms. The average Bonchev–Trinajstić information content (AvgIpc) is 3.24. The molecule has 0 unspecified atom stereocenters. The van der Waals surface area contributed by atoms with Crippen LogP contribution in [0.1, 0.15) is 47.8 Å². The number of carbonyl (C=O) groups excluding carboxylic acids is 3. The van der Waals surface area contributed by atoms with Crippen molar-refractivity contribution in [1.82, 2.24) is 20.7 Å². The number of aryl methyl sites for hydroxylation is 1. The van der Waals surface area contributed by atoms with E-state index in [4.69, 9.17) is 0 Å². The molecule has 2 aromatic carbocycles. The van der Waals surface area contributed by atoms with Gasteiger partial charge < -0.3 is 15.5 Å². The van der Waals surface area contributed by atoms with E-state index in [-0.39, 0.29) is 36.5 Å². The summed E-state index contributed by atoms with van der Waals surface area (Å²) in [6.45, 7) is 9.38. The Hall–Kier alpha value is -3.30. The van der Waals surface area contributed by atoms with Crippen molar-refractivity contribution in [2.24, 2.45) is 0 Å². The molecule has 9 heteroatoms. The summed E-state index contributed by atoms with van der Waals surface area (Å²) in [7, 11) is 1.68. The number of amides is 2. The van der Waals surface area contributed by atoms with Gasteiger partial charge in [-0.25, -0.2) is 9.40 Å². The number of benzene rings is 2. The van der Waals surface area contributed by atoms with E-state index >= 15 is 0 Å². The van der Waals surface area contributed by atoms with Crippen molar-refractivity contribution in [3.63, 3.8) is 0 Å². The number of halogens is 1. The number of likely N-dealkylation sites (N-methyl/N-ethyl adjacent to an activating group) is 1. The van der Waals surface area contributed by atoms with Crippen LogP contribution in [-0.2, 0) is 22.7 Å². The molecule has 2 amide bonds. The number of ketones is 1. The van der Waals surface area contributed by atoms with Crippen LogP contribution in [0.4, 0.5) is 10.1 Å². The maximum atomic E-state index is 13.6. The lowest BCUT2D eigenvalue weighted by molar-refractivity contribution is -0.145. The second-order valence-electron chi connectivity index (χ2n) is 9.53. The zero-order chi connectivity index (χ0) is 26.4. The Labute approximate surface area is 212 Å². The van der Waals surface area contributed by atoms with Crippen LogP contribution in [0.3, 0.4) is 0 Å². The minimum atomic E-state index is -0.300. The summed E-state index contributed by atoms with van der Waals surface area (Å²) >= 11 is 0. The second kappa shape index (κ2) is 12.1. The summed E-state index contributed by atoms with van der Waals surface area (Å²) in [5.74, 6) is -0.824. The van der Waals surface area contributed by atoms with Gasteiger partial charge in [0.2, 0.25) is 5.91 Å². The van der Waals surface area contributed by atoms with Crippen LogP contribution in [0.25, 0.3) is 0 Å². The highest BCUT2D eigenvalue weighted by Gasteiger charge is 2.27. The summed E-state index contributed by atoms with van der Waals surface area (Å²) in [5.41, 5.74) is 3.86. The van der Waals surface area contributed by atoms with Crippen molar-refractivity contribution in [2.45, 2.75) is 46.8 Å². The lowest BCUT2D eigenvalue weighted by Crippen LogP contribution is -2.48. The first-order valence-electron chi connectivity index (χ1n) is 12.2. The van der Waals surface area contributed by atoms with Crippen molar-refractivity contribution >= 4 is 23.3 Å². The minimum absolute atomic E-state index is 0.0328. The van der Waals surface area contributed by atoms with E-state index in [0.29, 0.717) is 43.5 Å². The van der Waals surface area contributed by atoms with Crippen molar-refractivity contribution in [1.29, 1.82) is 0 Å². The molecule has 0 aromatic heterocycles. The predicted molar refractivity (Wildman–Crippen MR) is 138 cm³/mol. The van der Waals surface area contributed by atoms with Crippen LogP contribution in [0.15, 0.2) is 36.4 Å². The normalized spacial score (nSPS) is 13.0. The van der Waals surface area contributed by atoms with Crippen molar-refractivity contribution in [3.8, 4) is 0 Å². The van der Waals surface area contributed by atoms with E-state index in [0.717, 1.165) is 16.7 Å². The molecular weight excluding hydrogens is 461 g/mol. The molecule has 194 valence electrons. The molecule has 8 nitrogen and oxygen atoms in total. The van der Waals surface area contributed by atoms with E-state index in [1.54, 1.807) is 30.1 Å². The molecular formula is C27H36FN5O3. The van der Waals surface area contributed by atoms with Gasteiger partial charge >= 0.3 is 0 Å². The largest absolute Gasteiger partial charge is 0.353 e. The first-order chi connectivity index (χ1) is 17.0. The van der Waals surface area contributed by atoms with E-state index in [2.05, 4.69) is 10.6 Å². The van der Waals surface area contributed by atoms with Crippen LogP contribution >= 0.6 is 0 Å². The Bertz CT molecular complexity index is 1120. The fraction of sp³-hybridized carbons (Fsp3) is 0.444. The zero-order valence-electron chi connectivity index (χ0n) is 21.7. The lowest BCUT2D eigenvalue weighted by Gasteiger charge is -2.32. The minimum Gasteiger partial charge on any atom is -0.353 e. The number of nitrogens with one attached hydrogen (secondary N) is 2. The highest BCUT2D eigenvalue weighted by molar-refractivity contribution is 5.96. The predicted octanol–water partition coefficient (Wildman–Crippen LogP) is 2.65. The first kappa shape index (κ1) is 27.3. The molecule has 1 heterocycles. The molecule has 1 aliphatic rings. The number of carbonyl (C=O) groups is 3. The number of fused-ring (bicyclic) bond motifs is 1. The number of Topliss-reactive ketones (excluding diaryl/α,β-unsaturated/α-hetero) is 1. The Morgan fingerprint density at radius 3 is 2.44 bits per heavy atom. The molecule has 36 heavy (non-hydrogen) atoms. The number of hydrogen-bond donors (Lipinski definition) is 2. The van der Waals surface area contributed by atoms with Gasteiger partial charge in [0.15, 0.2) is 5.78 Å². The number of rotatable bonds is 11. The topological polar surface area (TPSA) is 85.0 Å². The SMILES string of the molecule is CC(=O)c1ccc(C)c(N(CC(=O)NCCNC(C)C)CC(=O)N(C)N2Cc3ccc(F)cc3C2)c1. The Morgan fingerprint density at radius 1 is 1.03 bits per heavy atom. The van der Waals surface area contributed by atoms with E-state index in [1.165, 1.54) is 24.1 Å². The fourth-order valence-corrected chi connectivity index (χ4v) is 4.17. The summed E-state index contributed by atoms with van der Waals surface area (Å²) in [6.07, 6.45) is 0. The standard InChI is InChI=1S/C27H36FN5O3/c1-18(2)29-10-11-30-26(35)16-32(25-13-21(20(4)34)7-6-19(25)3)17-27(36)31(5)33-14-22-8-9-24(28)12-23(22)15-33/h6-9,12-13,18,29H,10-11,14-17H2,1-5H3,(H,30,35). The van der Waals surface area contributed by atoms with Crippen molar-refractivity contribution < 1.29 is 18.8 Å². The van der Waals surface area contributed by atoms with Gasteiger partial charge in [0, 0.05) is 50.5 Å². The highest BCUT2D eigenvalue weighted by Crippen LogP contribution is 2.26. The maximum Gasteiger partial charge on any atom is 0.256 e. The van der Waals surface area contributed by atoms with Gasteiger partial charge in [0.05, 0.1) is 13.1 Å². The van der Waals surface area contributed by atoms with Crippen LogP contribution in [-0.4, -0.2) is 66.9 Å². The van der Waals surface area contributed by atoms with Gasteiger partial charge in [0.25, 0.3) is 5.91 Å². The van der Waals surface area contributed by atoms with Crippen LogP contribution in [0.5, 0.6) is 0 Å². The molecule has 0 spiro atoms. The van der Waals surface area contributed by atoms with Crippen LogP contribution < -0.4 is 15.5 Å². The molecule has 0 aliphatic carbocycles. The van der Waals surface area contributed by atoms with Crippen molar-refractivity contribution in [2.75, 3.05) is 38.1 Å². The number of nitrogens with zero attached hydrogens (tertiary/aromatic N) is 3. The van der Waals surface area contributed by atoms with Gasteiger partial charge in [-0.2, -0.15) is 0 Å². The fourth-order valence-electron chi connectivity index (χ4n) is 4.17. The molecule has 0 saturated heterocycles. The van der Waals surface area contributed by atoms with Crippen LogP contribution in [0, 0.1) is 12.7 Å². The van der Waals surface area contributed by atoms with E-state index in [9.17, 15) is 18.8 Å². The molecule has 0 fully saturated rings. The van der Waals surface area contributed by atoms with Gasteiger partial charge in [-0.1, -0.05) is 32.0 Å². The van der Waals surface area contributed by atoms with Crippen molar-refractivity contribution in [3.05, 3.63) is 64.5 Å². The molecule has 0 radical (unpaired) electrons. The van der Waals surface area contributed by atoms with E-state index in [1.807, 2.05) is 31.8 Å². The molecule has 1 aliphatic heterocycles. The van der Waals surface area contributed by atoms with Gasteiger partial charge in [-0.05, 0) is 48.7 Å². The second-order valence-corrected chi connectivity index (χ2v) is 9.53. The zero-order valence-corrected chi connectivity index (χ0v) is 21.7. The third-order valence-corrected chi connectivity index (χ3v) is 6.28. The molecule has 0 saturated carbocycles. The molecule has 2 aromatic rings. The van der Waals surface area contributed by atoms with Gasteiger partial charge in [-0.3, -0.25) is 19.4 Å². The first-order valence-corrected chi connectivity index (χ1v) is 12.2. The van der Waals surface area contributed by atoms with E-state index < -0.39 is 0 Å².